The van der Waals surface area contributed by atoms with Crippen molar-refractivity contribution in [1.82, 2.24) is 9.29 Å². The first-order valence-corrected chi connectivity index (χ1v) is 9.60. The van der Waals surface area contributed by atoms with Gasteiger partial charge < -0.3 is 0 Å². The molecule has 0 amide bonds. The van der Waals surface area contributed by atoms with Gasteiger partial charge in [-0.3, -0.25) is 5.43 Å². The van der Waals surface area contributed by atoms with E-state index in [1.165, 1.54) is 16.6 Å². The number of rotatable bonds is 7. The normalized spacial score (nSPS) is 12.2. The fourth-order valence-corrected chi connectivity index (χ4v) is 4.18. The van der Waals surface area contributed by atoms with Crippen LogP contribution in [0.3, 0.4) is 0 Å². The third kappa shape index (κ3) is 4.15. The van der Waals surface area contributed by atoms with Crippen molar-refractivity contribution in [3.8, 4) is 0 Å². The average molecular weight is 352 g/mol. The van der Waals surface area contributed by atoms with Crippen molar-refractivity contribution in [1.29, 1.82) is 0 Å². The minimum atomic E-state index is -3.47. The topological polar surface area (TPSA) is 74.7 Å². The van der Waals surface area contributed by atoms with E-state index < -0.39 is 10.0 Å². The van der Waals surface area contributed by atoms with Crippen LogP contribution in [-0.2, 0) is 10.0 Å². The molecule has 2 aromatic heterocycles. The van der Waals surface area contributed by atoms with Gasteiger partial charge in [0.05, 0.1) is 6.21 Å². The second-order valence-corrected chi connectivity index (χ2v) is 7.69. The molecule has 0 saturated heterocycles. The summed E-state index contributed by atoms with van der Waals surface area (Å²) in [5, 5.41) is 6.12. The van der Waals surface area contributed by atoms with Gasteiger partial charge in [-0.2, -0.15) is 9.41 Å². The predicted octanol–water partition coefficient (Wildman–Crippen LogP) is 2.93. The average Bonchev–Trinajstić information content (AvgIpc) is 2.94. The largest absolute Gasteiger partial charge is 0.261 e. The number of hydrogen-bond acceptors (Lipinski definition) is 6. The van der Waals surface area contributed by atoms with Crippen molar-refractivity contribution < 1.29 is 8.42 Å². The van der Waals surface area contributed by atoms with Crippen LogP contribution < -0.4 is 5.43 Å². The lowest BCUT2D eigenvalue weighted by atomic mass is 10.3. The molecule has 0 saturated carbocycles. The number of aromatic nitrogens is 1. The van der Waals surface area contributed by atoms with Crippen LogP contribution >= 0.6 is 11.3 Å². The molecular weight excluding hydrogens is 332 g/mol. The first-order valence-electron chi connectivity index (χ1n) is 7.28. The quantitative estimate of drug-likeness (QED) is 0.614. The fraction of sp³-hybridized carbons (Fsp3) is 0.333. The van der Waals surface area contributed by atoms with Gasteiger partial charge in [-0.1, -0.05) is 13.8 Å². The van der Waals surface area contributed by atoms with Crippen LogP contribution in [0.25, 0.3) is 0 Å². The van der Waals surface area contributed by atoms with Crippen LogP contribution in [0, 0.1) is 6.92 Å². The number of aryl methyl sites for hydroxylation is 1. The number of nitrogens with zero attached hydrogens (tertiary/aromatic N) is 3. The van der Waals surface area contributed by atoms with Gasteiger partial charge in [0.25, 0.3) is 0 Å². The molecule has 0 bridgehead atoms. The molecule has 0 aromatic carbocycles. The third-order valence-electron chi connectivity index (χ3n) is 3.34. The molecule has 0 unspecified atom stereocenters. The minimum absolute atomic E-state index is 0.185. The molecule has 6 nitrogen and oxygen atoms in total. The summed E-state index contributed by atoms with van der Waals surface area (Å²) in [5.74, 6) is 0.494. The van der Waals surface area contributed by atoms with E-state index in [0.717, 1.165) is 10.4 Å². The summed E-state index contributed by atoms with van der Waals surface area (Å²) < 4.78 is 26.1. The molecule has 8 heteroatoms. The highest BCUT2D eigenvalue weighted by atomic mass is 32.2. The molecule has 0 aliphatic heterocycles. The molecule has 124 valence electrons. The van der Waals surface area contributed by atoms with E-state index in [1.54, 1.807) is 23.6 Å². The van der Waals surface area contributed by atoms with Crippen LogP contribution in [0.4, 0.5) is 5.82 Å². The number of nitrogens with one attached hydrogen (secondary N) is 1. The van der Waals surface area contributed by atoms with Crippen molar-refractivity contribution in [3.63, 3.8) is 0 Å². The second-order valence-electron chi connectivity index (χ2n) is 4.81. The summed E-state index contributed by atoms with van der Waals surface area (Å²) in [6.45, 7) is 6.51. The molecule has 2 aromatic rings. The predicted molar refractivity (Wildman–Crippen MR) is 94.6 cm³/mol. The zero-order chi connectivity index (χ0) is 16.9. The van der Waals surface area contributed by atoms with E-state index in [9.17, 15) is 8.42 Å². The number of thiophene rings is 1. The fourth-order valence-electron chi connectivity index (χ4n) is 1.99. The molecule has 0 fully saturated rings. The Kier molecular flexibility index (Phi) is 5.86. The molecule has 0 aliphatic rings. The van der Waals surface area contributed by atoms with Crippen molar-refractivity contribution in [2.24, 2.45) is 5.10 Å². The molecule has 0 spiro atoms. The highest BCUT2D eigenvalue weighted by Gasteiger charge is 2.21. The van der Waals surface area contributed by atoms with Gasteiger partial charge in [-0.15, -0.1) is 11.3 Å². The molecular formula is C15H20N4O2S2. The standard InChI is InChI=1S/C15H20N4O2S2/c1-4-19(5-2)23(20,21)13-6-7-15(16-10-13)18-17-11-14-12(3)8-9-22-14/h6-11H,4-5H2,1-3H3,(H,16,18)/b17-11+. The number of pyridine rings is 1. The van der Waals surface area contributed by atoms with Gasteiger partial charge in [0, 0.05) is 24.2 Å². The maximum atomic E-state index is 12.3. The molecule has 0 aliphatic carbocycles. The van der Waals surface area contributed by atoms with Gasteiger partial charge in [0.15, 0.2) is 0 Å². The molecule has 0 atom stereocenters. The summed E-state index contributed by atoms with van der Waals surface area (Å²) in [5.41, 5.74) is 3.96. The van der Waals surface area contributed by atoms with E-state index >= 15 is 0 Å². The first kappa shape index (κ1) is 17.6. The number of hydrogen-bond donors (Lipinski definition) is 1. The maximum Gasteiger partial charge on any atom is 0.244 e. The Balaban J connectivity index is 2.08. The van der Waals surface area contributed by atoms with Crippen molar-refractivity contribution in [3.05, 3.63) is 40.2 Å². The zero-order valence-corrected chi connectivity index (χ0v) is 15.0. The van der Waals surface area contributed by atoms with E-state index in [0.29, 0.717) is 18.9 Å². The Bertz CT molecular complexity index is 763. The van der Waals surface area contributed by atoms with Gasteiger partial charge in [-0.05, 0) is 36.1 Å². The highest BCUT2D eigenvalue weighted by Crippen LogP contribution is 2.16. The van der Waals surface area contributed by atoms with Crippen molar-refractivity contribution >= 4 is 33.4 Å². The lowest BCUT2D eigenvalue weighted by molar-refractivity contribution is 0.445. The van der Waals surface area contributed by atoms with Crippen molar-refractivity contribution in [2.75, 3.05) is 18.5 Å². The second kappa shape index (κ2) is 7.67. The molecule has 2 rings (SSSR count). The highest BCUT2D eigenvalue weighted by molar-refractivity contribution is 7.89. The monoisotopic (exact) mass is 352 g/mol. The summed E-state index contributed by atoms with van der Waals surface area (Å²) in [6, 6.07) is 5.17. The lowest BCUT2D eigenvalue weighted by Gasteiger charge is -2.18. The van der Waals surface area contributed by atoms with Gasteiger partial charge >= 0.3 is 0 Å². The van der Waals surface area contributed by atoms with Crippen molar-refractivity contribution in [2.45, 2.75) is 25.7 Å². The van der Waals surface area contributed by atoms with Crippen LogP contribution in [0.15, 0.2) is 39.8 Å². The van der Waals surface area contributed by atoms with Crippen LogP contribution in [-0.4, -0.2) is 37.0 Å². The van der Waals surface area contributed by atoms with E-state index in [-0.39, 0.29) is 4.90 Å². The van der Waals surface area contributed by atoms with Crippen LogP contribution in [0.1, 0.15) is 24.3 Å². The SMILES string of the molecule is CCN(CC)S(=O)(=O)c1ccc(N/N=C/c2sccc2C)nc1. The lowest BCUT2D eigenvalue weighted by Crippen LogP contribution is -2.30. The van der Waals surface area contributed by atoms with E-state index in [1.807, 2.05) is 32.2 Å². The molecule has 0 radical (unpaired) electrons. The zero-order valence-electron chi connectivity index (χ0n) is 13.4. The van der Waals surface area contributed by atoms with Crippen LogP contribution in [0.2, 0.25) is 0 Å². The number of sulfonamides is 1. The van der Waals surface area contributed by atoms with E-state index in [2.05, 4.69) is 15.5 Å². The minimum Gasteiger partial charge on any atom is -0.261 e. The first-order chi connectivity index (χ1) is 11.0. The maximum absolute atomic E-state index is 12.3. The summed E-state index contributed by atoms with van der Waals surface area (Å²) in [7, 11) is -3.47. The van der Waals surface area contributed by atoms with E-state index in [4.69, 9.17) is 0 Å². The summed E-state index contributed by atoms with van der Waals surface area (Å²) in [6.07, 6.45) is 3.07. The third-order valence-corrected chi connectivity index (χ3v) is 6.33. The number of anilines is 1. The Morgan fingerprint density at radius 1 is 1.30 bits per heavy atom. The van der Waals surface area contributed by atoms with Gasteiger partial charge in [-0.25, -0.2) is 13.4 Å². The smallest absolute Gasteiger partial charge is 0.244 e. The Morgan fingerprint density at radius 2 is 2.04 bits per heavy atom. The summed E-state index contributed by atoms with van der Waals surface area (Å²) in [4.78, 5) is 5.36. The van der Waals surface area contributed by atoms with Gasteiger partial charge in [0.1, 0.15) is 10.7 Å². The Hall–Kier alpha value is -1.77. The number of hydrazone groups is 1. The van der Waals surface area contributed by atoms with Crippen LogP contribution in [0.5, 0.6) is 0 Å². The Labute approximate surface area is 140 Å². The van der Waals surface area contributed by atoms with Gasteiger partial charge in [0.2, 0.25) is 10.0 Å². The summed E-state index contributed by atoms with van der Waals surface area (Å²) >= 11 is 1.60. The molecule has 1 N–H and O–H groups in total. The Morgan fingerprint density at radius 3 is 2.57 bits per heavy atom. The molecule has 23 heavy (non-hydrogen) atoms. The molecule has 2 heterocycles.